The van der Waals surface area contributed by atoms with Crippen molar-refractivity contribution in [3.8, 4) is 0 Å². The molecule has 0 saturated carbocycles. The second-order valence-corrected chi connectivity index (χ2v) is 4.52. The minimum atomic E-state index is -3.72. The fourth-order valence-electron chi connectivity index (χ4n) is 0.843. The van der Waals surface area contributed by atoms with Crippen molar-refractivity contribution in [2.45, 2.75) is 17.9 Å². The molecule has 0 fully saturated rings. The summed E-state index contributed by atoms with van der Waals surface area (Å²) in [6, 6.07) is 7.82. The Kier molecular flexibility index (Phi) is 3.62. The van der Waals surface area contributed by atoms with E-state index < -0.39 is 16.2 Å². The van der Waals surface area contributed by atoms with Gasteiger partial charge in [-0.05, 0) is 19.1 Å². The molecule has 1 rings (SSSR count). The standard InChI is InChI=1S/C9H12O4S/c1-8(10)7-13-14(11,12)9-5-3-2-4-6-9/h2-6,8,10H,7H2,1H3. The van der Waals surface area contributed by atoms with E-state index >= 15 is 0 Å². The third-order valence-corrected chi connectivity index (χ3v) is 2.79. The van der Waals surface area contributed by atoms with Crippen LogP contribution >= 0.6 is 0 Å². The Balaban J connectivity index is 2.77. The van der Waals surface area contributed by atoms with E-state index in [1.54, 1.807) is 18.2 Å². The fourth-order valence-corrected chi connectivity index (χ4v) is 1.85. The van der Waals surface area contributed by atoms with E-state index in [1.165, 1.54) is 19.1 Å². The Labute approximate surface area is 83.3 Å². The molecule has 1 aromatic rings. The zero-order valence-electron chi connectivity index (χ0n) is 7.75. The van der Waals surface area contributed by atoms with Crippen molar-refractivity contribution in [2.24, 2.45) is 0 Å². The zero-order valence-corrected chi connectivity index (χ0v) is 8.57. The molecule has 0 spiro atoms. The summed E-state index contributed by atoms with van der Waals surface area (Å²) >= 11 is 0. The van der Waals surface area contributed by atoms with Gasteiger partial charge in [-0.2, -0.15) is 8.42 Å². The van der Waals surface area contributed by atoms with Crippen molar-refractivity contribution in [1.82, 2.24) is 0 Å². The van der Waals surface area contributed by atoms with Crippen LogP contribution in [-0.2, 0) is 14.3 Å². The minimum absolute atomic E-state index is 0.0978. The first kappa shape index (κ1) is 11.2. The van der Waals surface area contributed by atoms with Gasteiger partial charge in [-0.3, -0.25) is 4.18 Å². The molecule has 0 heterocycles. The van der Waals surface area contributed by atoms with Crippen LogP contribution in [-0.4, -0.2) is 26.2 Å². The van der Waals surface area contributed by atoms with Crippen LogP contribution in [0.15, 0.2) is 35.2 Å². The van der Waals surface area contributed by atoms with Crippen molar-refractivity contribution in [3.63, 3.8) is 0 Å². The lowest BCUT2D eigenvalue weighted by Gasteiger charge is -2.06. The van der Waals surface area contributed by atoms with Gasteiger partial charge >= 0.3 is 0 Å². The quantitative estimate of drug-likeness (QED) is 0.755. The highest BCUT2D eigenvalue weighted by atomic mass is 32.2. The molecule has 78 valence electrons. The van der Waals surface area contributed by atoms with Gasteiger partial charge < -0.3 is 5.11 Å². The van der Waals surface area contributed by atoms with Crippen molar-refractivity contribution in [3.05, 3.63) is 30.3 Å². The lowest BCUT2D eigenvalue weighted by Crippen LogP contribution is -2.15. The molecule has 0 amide bonds. The second-order valence-electron chi connectivity index (χ2n) is 2.90. The number of benzene rings is 1. The Morgan fingerprint density at radius 1 is 1.36 bits per heavy atom. The molecule has 0 radical (unpaired) electrons. The highest BCUT2D eigenvalue weighted by molar-refractivity contribution is 7.86. The molecule has 0 aliphatic carbocycles. The van der Waals surface area contributed by atoms with Gasteiger partial charge in [0.2, 0.25) is 0 Å². The Morgan fingerprint density at radius 3 is 2.43 bits per heavy atom. The number of aliphatic hydroxyl groups is 1. The van der Waals surface area contributed by atoms with Crippen LogP contribution in [0, 0.1) is 0 Å². The first-order valence-corrected chi connectivity index (χ1v) is 5.56. The van der Waals surface area contributed by atoms with Gasteiger partial charge in [0.15, 0.2) is 0 Å². The summed E-state index contributed by atoms with van der Waals surface area (Å²) in [5, 5.41) is 8.87. The third-order valence-electron chi connectivity index (χ3n) is 1.50. The molecular weight excluding hydrogens is 204 g/mol. The molecule has 14 heavy (non-hydrogen) atoms. The Hall–Kier alpha value is -0.910. The summed E-state index contributed by atoms with van der Waals surface area (Å²) in [4.78, 5) is 0.0978. The van der Waals surface area contributed by atoms with Gasteiger partial charge in [-0.25, -0.2) is 0 Å². The molecule has 0 saturated heterocycles. The van der Waals surface area contributed by atoms with Gasteiger partial charge in [-0.1, -0.05) is 18.2 Å². The number of hydrogen-bond donors (Lipinski definition) is 1. The van der Waals surface area contributed by atoms with Crippen LogP contribution in [0.4, 0.5) is 0 Å². The molecule has 5 heteroatoms. The molecule has 0 aliphatic heterocycles. The SMILES string of the molecule is CC(O)COS(=O)(=O)c1ccccc1. The maximum atomic E-state index is 11.4. The highest BCUT2D eigenvalue weighted by Gasteiger charge is 2.14. The molecule has 1 atom stereocenters. The number of aliphatic hydroxyl groups excluding tert-OH is 1. The van der Waals surface area contributed by atoms with Crippen LogP contribution in [0.1, 0.15) is 6.92 Å². The number of hydrogen-bond acceptors (Lipinski definition) is 4. The largest absolute Gasteiger partial charge is 0.391 e. The molecule has 1 unspecified atom stereocenters. The molecule has 0 aliphatic rings. The molecule has 1 aromatic carbocycles. The predicted octanol–water partition coefficient (Wildman–Crippen LogP) is 0.773. The van der Waals surface area contributed by atoms with E-state index in [-0.39, 0.29) is 11.5 Å². The highest BCUT2D eigenvalue weighted by Crippen LogP contribution is 2.11. The first-order valence-electron chi connectivity index (χ1n) is 4.15. The summed E-state index contributed by atoms with van der Waals surface area (Å²) in [6.07, 6.45) is -0.798. The van der Waals surface area contributed by atoms with Crippen LogP contribution in [0.25, 0.3) is 0 Å². The fraction of sp³-hybridized carbons (Fsp3) is 0.333. The van der Waals surface area contributed by atoms with E-state index in [0.29, 0.717) is 0 Å². The van der Waals surface area contributed by atoms with Gasteiger partial charge in [0.05, 0.1) is 17.6 Å². The van der Waals surface area contributed by atoms with Gasteiger partial charge in [0.1, 0.15) is 0 Å². The molecule has 0 bridgehead atoms. The Morgan fingerprint density at radius 2 is 1.93 bits per heavy atom. The van der Waals surface area contributed by atoms with E-state index in [2.05, 4.69) is 4.18 Å². The smallest absolute Gasteiger partial charge is 0.297 e. The lowest BCUT2D eigenvalue weighted by atomic mass is 10.4. The lowest BCUT2D eigenvalue weighted by molar-refractivity contribution is 0.126. The maximum Gasteiger partial charge on any atom is 0.297 e. The van der Waals surface area contributed by atoms with Crippen molar-refractivity contribution in [2.75, 3.05) is 6.61 Å². The van der Waals surface area contributed by atoms with Crippen molar-refractivity contribution < 1.29 is 17.7 Å². The first-order chi connectivity index (χ1) is 6.52. The second kappa shape index (κ2) is 4.54. The summed E-state index contributed by atoms with van der Waals surface area (Å²) in [5.74, 6) is 0. The summed E-state index contributed by atoms with van der Waals surface area (Å²) < 4.78 is 27.4. The molecule has 4 nitrogen and oxygen atoms in total. The van der Waals surface area contributed by atoms with Gasteiger partial charge in [0.25, 0.3) is 10.1 Å². The number of rotatable bonds is 4. The van der Waals surface area contributed by atoms with E-state index in [9.17, 15) is 8.42 Å². The molecular formula is C9H12O4S. The minimum Gasteiger partial charge on any atom is -0.391 e. The van der Waals surface area contributed by atoms with E-state index in [4.69, 9.17) is 5.11 Å². The van der Waals surface area contributed by atoms with Crippen LogP contribution in [0.2, 0.25) is 0 Å². The van der Waals surface area contributed by atoms with Crippen LogP contribution in [0.5, 0.6) is 0 Å². The summed E-state index contributed by atoms with van der Waals surface area (Å²) in [7, 11) is -3.72. The Bertz CT molecular complexity index is 369. The van der Waals surface area contributed by atoms with Crippen molar-refractivity contribution >= 4 is 10.1 Å². The monoisotopic (exact) mass is 216 g/mol. The average Bonchev–Trinajstić information content (AvgIpc) is 2.16. The van der Waals surface area contributed by atoms with Gasteiger partial charge in [-0.15, -0.1) is 0 Å². The molecule has 0 aromatic heterocycles. The maximum absolute atomic E-state index is 11.4. The summed E-state index contributed by atoms with van der Waals surface area (Å²) in [6.45, 7) is 1.23. The normalized spacial score (nSPS) is 13.9. The topological polar surface area (TPSA) is 63.6 Å². The predicted molar refractivity (Wildman–Crippen MR) is 51.3 cm³/mol. The van der Waals surface area contributed by atoms with Crippen LogP contribution in [0.3, 0.4) is 0 Å². The molecule has 1 N–H and O–H groups in total. The van der Waals surface area contributed by atoms with Crippen molar-refractivity contribution in [1.29, 1.82) is 0 Å². The van der Waals surface area contributed by atoms with E-state index in [0.717, 1.165) is 0 Å². The van der Waals surface area contributed by atoms with Crippen LogP contribution < -0.4 is 0 Å². The average molecular weight is 216 g/mol. The van der Waals surface area contributed by atoms with E-state index in [1.807, 2.05) is 0 Å². The van der Waals surface area contributed by atoms with Gasteiger partial charge in [0, 0.05) is 0 Å². The zero-order chi connectivity index (χ0) is 10.6. The summed E-state index contributed by atoms with van der Waals surface area (Å²) in [5.41, 5.74) is 0. The third kappa shape index (κ3) is 3.10.